The zero-order valence-electron chi connectivity index (χ0n) is 13.4. The summed E-state index contributed by atoms with van der Waals surface area (Å²) in [5.74, 6) is 0.562. The molecule has 6 nitrogen and oxygen atoms in total. The van der Waals surface area contributed by atoms with E-state index in [0.717, 1.165) is 27.6 Å². The number of H-pyrrole nitrogens is 1. The highest BCUT2D eigenvalue weighted by Crippen LogP contribution is 2.26. The van der Waals surface area contributed by atoms with Gasteiger partial charge in [-0.05, 0) is 38.2 Å². The van der Waals surface area contributed by atoms with E-state index in [1.54, 1.807) is 22.2 Å². The minimum atomic E-state index is 0.395. The summed E-state index contributed by atoms with van der Waals surface area (Å²) in [6, 6.07) is 7.45. The maximum Gasteiger partial charge on any atom is 0.216 e. The summed E-state index contributed by atoms with van der Waals surface area (Å²) in [6.07, 6.45) is 1.75. The number of aromatic nitrogens is 5. The lowest BCUT2D eigenvalue weighted by atomic mass is 10.2. The molecule has 4 aromatic rings. The normalized spacial score (nSPS) is 11.8. The van der Waals surface area contributed by atoms with Crippen LogP contribution in [0.5, 0.6) is 0 Å². The quantitative estimate of drug-likeness (QED) is 0.416. The zero-order chi connectivity index (χ0) is 17.6. The lowest BCUT2D eigenvalue weighted by Gasteiger charge is -2.03. The topological polar surface area (TPSA) is 63.3 Å². The van der Waals surface area contributed by atoms with Gasteiger partial charge in [0.05, 0.1) is 22.6 Å². The summed E-state index contributed by atoms with van der Waals surface area (Å²) >= 11 is 13.2. The second kappa shape index (κ2) is 6.21. The van der Waals surface area contributed by atoms with Gasteiger partial charge in [0.15, 0.2) is 10.8 Å². The first-order valence-corrected chi connectivity index (χ1v) is 9.12. The molecule has 25 heavy (non-hydrogen) atoms. The number of nitrogens with one attached hydrogen (secondary N) is 1. The highest BCUT2D eigenvalue weighted by atomic mass is 35.5. The van der Waals surface area contributed by atoms with Crippen molar-refractivity contribution in [3.63, 3.8) is 0 Å². The molecule has 0 radical (unpaired) electrons. The summed E-state index contributed by atoms with van der Waals surface area (Å²) in [5.41, 5.74) is 3.70. The van der Waals surface area contributed by atoms with Crippen molar-refractivity contribution in [3.8, 4) is 11.4 Å². The monoisotopic (exact) mass is 388 g/mol. The van der Waals surface area contributed by atoms with E-state index in [2.05, 4.69) is 30.1 Å². The molecule has 0 aliphatic heterocycles. The average molecular weight is 389 g/mol. The van der Waals surface area contributed by atoms with Crippen molar-refractivity contribution in [3.05, 3.63) is 56.5 Å². The number of nitrogens with zero attached hydrogens (tertiary/aromatic N) is 5. The van der Waals surface area contributed by atoms with E-state index in [4.69, 9.17) is 23.8 Å². The highest BCUT2D eigenvalue weighted by molar-refractivity contribution is 7.71. The van der Waals surface area contributed by atoms with Crippen LogP contribution in [0.15, 0.2) is 34.7 Å². The molecule has 0 spiro atoms. The summed E-state index contributed by atoms with van der Waals surface area (Å²) in [6.45, 7) is 4.00. The van der Waals surface area contributed by atoms with Crippen LogP contribution in [0.3, 0.4) is 0 Å². The Labute approximate surface area is 157 Å². The van der Waals surface area contributed by atoms with Gasteiger partial charge in [0, 0.05) is 16.6 Å². The minimum absolute atomic E-state index is 0.395. The number of benzene rings is 1. The van der Waals surface area contributed by atoms with Crippen LogP contribution in [0.25, 0.3) is 16.3 Å². The zero-order valence-corrected chi connectivity index (χ0v) is 15.8. The number of thiazole rings is 1. The third-order valence-electron chi connectivity index (χ3n) is 3.81. The van der Waals surface area contributed by atoms with Gasteiger partial charge in [-0.3, -0.25) is 4.40 Å². The van der Waals surface area contributed by atoms with E-state index in [1.165, 1.54) is 0 Å². The molecule has 126 valence electrons. The smallest absolute Gasteiger partial charge is 0.216 e. The number of hydrogen-bond acceptors (Lipinski definition) is 5. The van der Waals surface area contributed by atoms with Crippen molar-refractivity contribution in [1.82, 2.24) is 24.3 Å². The van der Waals surface area contributed by atoms with Gasteiger partial charge in [0.1, 0.15) is 0 Å². The van der Waals surface area contributed by atoms with Gasteiger partial charge in [-0.15, -0.1) is 11.3 Å². The Hall–Kier alpha value is -2.29. The molecular weight excluding hydrogens is 376 g/mol. The minimum Gasteiger partial charge on any atom is -0.286 e. The first-order chi connectivity index (χ1) is 12.1. The van der Waals surface area contributed by atoms with Crippen LogP contribution in [-0.2, 0) is 0 Å². The predicted molar refractivity (Wildman–Crippen MR) is 103 cm³/mol. The average Bonchev–Trinajstić information content (AvgIpc) is 3.22. The lowest BCUT2D eigenvalue weighted by molar-refractivity contribution is 0.869. The van der Waals surface area contributed by atoms with E-state index in [-0.39, 0.29) is 0 Å². The molecular formula is C16H13ClN6S2. The van der Waals surface area contributed by atoms with Crippen LogP contribution in [0.2, 0.25) is 5.02 Å². The molecule has 0 amide bonds. The number of halogens is 1. The van der Waals surface area contributed by atoms with Gasteiger partial charge in [-0.25, -0.2) is 10.1 Å². The van der Waals surface area contributed by atoms with Crippen LogP contribution in [0.4, 0.5) is 0 Å². The Balaban J connectivity index is 1.84. The second-order valence-corrected chi connectivity index (χ2v) is 7.10. The van der Waals surface area contributed by atoms with Gasteiger partial charge in [0.2, 0.25) is 4.77 Å². The van der Waals surface area contributed by atoms with Crippen molar-refractivity contribution in [1.29, 1.82) is 0 Å². The molecule has 0 bridgehead atoms. The predicted octanol–water partition coefficient (Wildman–Crippen LogP) is 4.47. The number of aryl methyl sites for hydroxylation is 2. The first kappa shape index (κ1) is 16.2. The Bertz CT molecular complexity index is 1160. The maximum atomic E-state index is 6.28. The third kappa shape index (κ3) is 2.72. The Morgan fingerprint density at radius 2 is 2.12 bits per heavy atom. The Kier molecular flexibility index (Phi) is 4.03. The van der Waals surface area contributed by atoms with Crippen molar-refractivity contribution in [2.45, 2.75) is 13.8 Å². The molecule has 1 N–H and O–H groups in total. The van der Waals surface area contributed by atoms with Gasteiger partial charge < -0.3 is 0 Å². The molecule has 0 aliphatic rings. The number of fused-ring (bicyclic) bond motifs is 1. The number of hydrogen-bond donors (Lipinski definition) is 1. The molecule has 0 unspecified atom stereocenters. The van der Waals surface area contributed by atoms with Crippen molar-refractivity contribution in [2.75, 3.05) is 0 Å². The van der Waals surface area contributed by atoms with Crippen LogP contribution >= 0.6 is 35.2 Å². The fourth-order valence-corrected chi connectivity index (χ4v) is 3.92. The van der Waals surface area contributed by atoms with Gasteiger partial charge >= 0.3 is 0 Å². The first-order valence-electron chi connectivity index (χ1n) is 7.46. The SMILES string of the molecule is Cc1nc2scc(C)n2c1/C=N\n1c(-c2ccccc2Cl)n[nH]c1=S. The fourth-order valence-electron chi connectivity index (χ4n) is 2.61. The molecule has 0 saturated heterocycles. The van der Waals surface area contributed by atoms with E-state index < -0.39 is 0 Å². The molecule has 9 heteroatoms. The summed E-state index contributed by atoms with van der Waals surface area (Å²) < 4.78 is 4.03. The van der Waals surface area contributed by atoms with Crippen LogP contribution in [-0.4, -0.2) is 30.5 Å². The van der Waals surface area contributed by atoms with E-state index >= 15 is 0 Å². The summed E-state index contributed by atoms with van der Waals surface area (Å²) in [4.78, 5) is 5.50. The molecule has 1 aromatic carbocycles. The standard InChI is InChI=1S/C16H13ClN6S2/c1-9-8-25-16-19-10(2)13(22(9)16)7-18-23-14(20-21-15(23)24)11-5-3-4-6-12(11)17/h3-8H,1-2H3,(H,21,24)/b18-7-. The van der Waals surface area contributed by atoms with E-state index in [9.17, 15) is 0 Å². The lowest BCUT2D eigenvalue weighted by Crippen LogP contribution is -1.99. The van der Waals surface area contributed by atoms with Crippen molar-refractivity contribution < 1.29 is 0 Å². The molecule has 3 aromatic heterocycles. The molecule has 3 heterocycles. The number of rotatable bonds is 3. The van der Waals surface area contributed by atoms with Crippen LogP contribution < -0.4 is 0 Å². The molecule has 0 aliphatic carbocycles. The number of imidazole rings is 1. The molecule has 0 fully saturated rings. The van der Waals surface area contributed by atoms with Gasteiger partial charge in [0.25, 0.3) is 0 Å². The summed E-state index contributed by atoms with van der Waals surface area (Å²) in [7, 11) is 0. The fraction of sp³-hybridized carbons (Fsp3) is 0.125. The Morgan fingerprint density at radius 1 is 1.32 bits per heavy atom. The van der Waals surface area contributed by atoms with E-state index in [0.29, 0.717) is 15.6 Å². The largest absolute Gasteiger partial charge is 0.286 e. The van der Waals surface area contributed by atoms with Crippen molar-refractivity contribution in [2.24, 2.45) is 5.10 Å². The van der Waals surface area contributed by atoms with Gasteiger partial charge in [-0.2, -0.15) is 14.9 Å². The molecule has 0 saturated carbocycles. The molecule has 4 rings (SSSR count). The highest BCUT2D eigenvalue weighted by Gasteiger charge is 2.13. The van der Waals surface area contributed by atoms with E-state index in [1.807, 2.05) is 38.1 Å². The van der Waals surface area contributed by atoms with Crippen LogP contribution in [0, 0.1) is 18.6 Å². The maximum absolute atomic E-state index is 6.28. The van der Waals surface area contributed by atoms with Crippen LogP contribution in [0.1, 0.15) is 17.1 Å². The Morgan fingerprint density at radius 3 is 2.92 bits per heavy atom. The van der Waals surface area contributed by atoms with Crippen molar-refractivity contribution >= 4 is 46.3 Å². The molecule has 0 atom stereocenters. The summed E-state index contributed by atoms with van der Waals surface area (Å²) in [5, 5.41) is 14.2. The van der Waals surface area contributed by atoms with Gasteiger partial charge in [-0.1, -0.05) is 23.7 Å². The second-order valence-electron chi connectivity index (χ2n) is 5.47. The number of aromatic amines is 1. The third-order valence-corrected chi connectivity index (χ3v) is 5.35.